The third kappa shape index (κ3) is 44.5. The van der Waals surface area contributed by atoms with E-state index in [4.69, 9.17) is 4.74 Å². The summed E-state index contributed by atoms with van der Waals surface area (Å²) in [5.41, 5.74) is 11.6. The summed E-state index contributed by atoms with van der Waals surface area (Å²) in [5, 5.41) is 0. The Labute approximate surface area is 791 Å². The molecule has 2 radical (unpaired) electrons. The van der Waals surface area contributed by atoms with Crippen LogP contribution in [0.5, 0.6) is 0 Å². The average Bonchev–Trinajstić information content (AvgIpc) is 1.63. The number of carbonyl (C=O) groups is 1. The van der Waals surface area contributed by atoms with Crippen molar-refractivity contribution >= 4 is 55.8 Å². The van der Waals surface area contributed by atoms with Gasteiger partial charge in [0.2, 0.25) is 5.69 Å². The van der Waals surface area contributed by atoms with Crippen LogP contribution >= 0.6 is 0 Å². The van der Waals surface area contributed by atoms with E-state index in [0.29, 0.717) is 22.9 Å². The first-order valence-corrected chi connectivity index (χ1v) is 54.0. The highest BCUT2D eigenvalue weighted by molar-refractivity contribution is 7.90. The van der Waals surface area contributed by atoms with Crippen molar-refractivity contribution in [1.82, 2.24) is 4.90 Å². The number of nitrogens with zero attached hydrogens (tertiary/aromatic N) is 4. The van der Waals surface area contributed by atoms with Crippen LogP contribution in [0.4, 0.5) is 15.8 Å². The summed E-state index contributed by atoms with van der Waals surface area (Å²) in [4.78, 5) is 17.0. The fourth-order valence-corrected chi connectivity index (χ4v) is 19.8. The number of anilines is 1. The van der Waals surface area contributed by atoms with Crippen molar-refractivity contribution in [2.75, 3.05) is 70.1 Å². The maximum Gasteiger partial charge on any atom is 0.357 e. The molecule has 0 fully saturated rings. The fourth-order valence-electron chi connectivity index (χ4n) is 16.4. The molecule has 2 heterocycles. The number of benzene rings is 7. The molecule has 11 nitrogen and oxygen atoms in total. The van der Waals surface area contributed by atoms with Gasteiger partial charge in [-0.15, -0.1) is 6.07 Å². The summed E-state index contributed by atoms with van der Waals surface area (Å²) < 4.78 is 81.0. The molecule has 127 heavy (non-hydrogen) atoms. The minimum Gasteiger partial charge on any atom is -1.00 e. The van der Waals surface area contributed by atoms with Crippen LogP contribution in [0.2, 0.25) is 0 Å². The zero-order chi connectivity index (χ0) is 92.7. The van der Waals surface area contributed by atoms with Crippen molar-refractivity contribution in [3.05, 3.63) is 253 Å². The van der Waals surface area contributed by atoms with E-state index in [0.717, 1.165) is 61.4 Å². The number of quaternary nitrogens is 1. The highest BCUT2D eigenvalue weighted by Crippen LogP contribution is 2.49. The molecule has 0 aliphatic carbocycles. The summed E-state index contributed by atoms with van der Waals surface area (Å²) in [6.07, 6.45) is 48.0. The number of aryl methyl sites for hydroxylation is 2. The predicted octanol–water partition coefficient (Wildman–Crippen LogP) is 22.1. The molecule has 0 N–H and O–H groups in total. The smallest absolute Gasteiger partial charge is 0.357 e. The van der Waals surface area contributed by atoms with Crippen LogP contribution in [0.1, 0.15) is 330 Å². The molecule has 704 valence electrons. The van der Waals surface area contributed by atoms with Gasteiger partial charge in [-0.2, -0.15) is 4.58 Å². The fraction of sp³-hybridized carbons (Fsp3) is 0.545. The van der Waals surface area contributed by atoms with Crippen LogP contribution in [0.15, 0.2) is 222 Å². The zero-order valence-electron chi connectivity index (χ0n) is 81.7. The Morgan fingerprint density at radius 2 is 1.00 bits per heavy atom. The highest BCUT2D eigenvalue weighted by atomic mass is 127. The lowest BCUT2D eigenvalue weighted by molar-refractivity contribution is -0.929. The topological polar surface area (TPSA) is 127 Å². The van der Waals surface area contributed by atoms with Gasteiger partial charge in [0.25, 0.3) is 0 Å². The van der Waals surface area contributed by atoms with Crippen LogP contribution in [-0.4, -0.2) is 119 Å². The van der Waals surface area contributed by atoms with Crippen molar-refractivity contribution in [3.63, 3.8) is 0 Å². The Morgan fingerprint density at radius 3 is 1.47 bits per heavy atom. The van der Waals surface area contributed by atoms with Gasteiger partial charge >= 0.3 is 27.2 Å². The summed E-state index contributed by atoms with van der Waals surface area (Å²) in [5.74, 6) is 0.448. The first kappa shape index (κ1) is 115. The summed E-state index contributed by atoms with van der Waals surface area (Å²) in [7, 11) is -5.49. The van der Waals surface area contributed by atoms with Crippen LogP contribution in [0, 0.1) is 26.8 Å². The largest absolute Gasteiger partial charge is 1.00 e. The van der Waals surface area contributed by atoms with Gasteiger partial charge in [0.1, 0.15) is 22.5 Å². The van der Waals surface area contributed by atoms with Crippen LogP contribution in [0.25, 0.3) is 0 Å². The lowest BCUT2D eigenvalue weighted by Crippen LogP contribution is -3.61. The molecule has 0 saturated carbocycles. The number of carbonyl (C=O) groups excluding carboxylic acids is 1. The third-order valence-electron chi connectivity index (χ3n) is 23.9. The molecular formula is C110H166BClFIN4O7S2. The molecule has 17 heteroatoms. The second-order valence-electron chi connectivity index (χ2n) is 36.0. The molecule has 0 amide bonds. The van der Waals surface area contributed by atoms with Gasteiger partial charge in [0.05, 0.1) is 53.6 Å². The number of esters is 1. The molecule has 0 saturated heterocycles. The van der Waals surface area contributed by atoms with Gasteiger partial charge in [0, 0.05) is 60.3 Å². The summed E-state index contributed by atoms with van der Waals surface area (Å²) in [6.45, 7) is 49.8. The normalized spacial score (nSPS) is 13.6. The second-order valence-corrected chi connectivity index (χ2v) is 42.4. The van der Waals surface area contributed by atoms with E-state index in [1.807, 2.05) is 43.3 Å². The van der Waals surface area contributed by atoms with Gasteiger partial charge in [0.15, 0.2) is 22.7 Å². The van der Waals surface area contributed by atoms with E-state index >= 15 is 0 Å². The minimum absolute atomic E-state index is 0. The number of sulfone groups is 1. The monoisotopic (exact) mass is 1910 g/mol. The summed E-state index contributed by atoms with van der Waals surface area (Å²) >= 11 is 0.0287. The zero-order valence-corrected chi connectivity index (χ0v) is 86.3. The average molecular weight is 1910 g/mol. The second kappa shape index (κ2) is 64.3. The van der Waals surface area contributed by atoms with E-state index in [9.17, 15) is 30.6 Å². The van der Waals surface area contributed by atoms with E-state index in [-0.39, 0.29) is 61.1 Å². The first-order valence-electron chi connectivity index (χ1n) is 48.5. The van der Waals surface area contributed by atoms with Gasteiger partial charge < -0.3 is 36.0 Å². The number of unbranched alkanes of at least 4 members (excludes halogenated alkanes) is 22. The Balaban J connectivity index is 0.000000425. The van der Waals surface area contributed by atoms with Crippen molar-refractivity contribution in [2.24, 2.45) is 0 Å². The number of halogens is 3. The SMILES string of the molecule is C=C(C)OC(=O)CCN(CCCCCCCC)CCCCCCCC.CC([B-]c1cccc(F)c1)c1ccccc1.CCCCCCCN1C(=CC=CC2=[N+](CCCCCCC)c3ccc(S(C)(=O)=O)cc3C2(C)C)C(C)(C)c2cc(C)ccc21.CCCC[N+](CCCC)(CCCC)CCCC.Cc1ccc(S(=O)(=O)[O-])cc1.[Cl-].c1ccc([I+]c2ccccc2)cc1. The van der Waals surface area contributed by atoms with E-state index < -0.39 is 20.0 Å². The third-order valence-corrected chi connectivity index (χ3v) is 28.6. The molecule has 0 bridgehead atoms. The van der Waals surface area contributed by atoms with Gasteiger partial charge in [-0.05, 0) is 171 Å². The number of rotatable bonds is 51. The van der Waals surface area contributed by atoms with Crippen LogP contribution in [-0.2, 0) is 40.3 Å². The minimum atomic E-state index is -4.27. The molecule has 2 aliphatic heterocycles. The van der Waals surface area contributed by atoms with Crippen LogP contribution < -0.4 is 44.0 Å². The molecule has 2 aliphatic rings. The first-order chi connectivity index (χ1) is 60.4. The molecule has 0 spiro atoms. The van der Waals surface area contributed by atoms with Gasteiger partial charge in [-0.3, -0.25) is 17.5 Å². The number of hydrogen-bond acceptors (Lipinski definition) is 9. The maximum atomic E-state index is 13.0. The van der Waals surface area contributed by atoms with Gasteiger partial charge in [-0.25, -0.2) is 27.0 Å². The number of fused-ring (bicyclic) bond motifs is 2. The Hall–Kier alpha value is -6.51. The van der Waals surface area contributed by atoms with Crippen molar-refractivity contribution in [1.29, 1.82) is 0 Å². The lowest BCUT2D eigenvalue weighted by Gasteiger charge is -2.39. The predicted molar refractivity (Wildman–Crippen MR) is 533 cm³/mol. The molecular weight excluding hydrogens is 1750 g/mol. The number of allylic oxidation sites excluding steroid dienone is 5. The Morgan fingerprint density at radius 1 is 0.543 bits per heavy atom. The van der Waals surface area contributed by atoms with E-state index in [1.54, 1.807) is 37.3 Å². The van der Waals surface area contributed by atoms with Gasteiger partial charge in [-0.1, -0.05) is 343 Å². The molecule has 9 rings (SSSR count). The van der Waals surface area contributed by atoms with E-state index in [1.165, 1.54) is 282 Å². The van der Waals surface area contributed by atoms with Crippen molar-refractivity contribution < 1.29 is 78.0 Å². The standard InChI is InChI=1S/C39H57N2O2S.C22H43NO2.C16H36N.C14H13BF.C12H10I.C7H8O3S.ClH/c1-9-11-13-15-17-26-40-34-24-22-30(3)28-32(34)38(4,5)36(40)20-19-21-37-39(6,7)33-29-31(44(8,42)43)23-25-35(33)41(37)27-18-16-14-12-10-2;1-5-7-9-11-13-15-18-23(19-16-14-12-10-8-6-2)20-17-22(24)25-21(3)4;1-5-9-13-17(14-10-6-2,15-11-7-3)16-12-8-4;1-11(12-6-3-2-4-7-12)15-13-8-5-9-14(16)10-13;1-3-7-11(8-4-1)13-12-9-5-2-6-10-12;1-6-2-4-7(5-3-6)11(8,9)10;/h19-25,28-29H,9-18,26-27H2,1-8H3;3,5-20H2,1-2,4H3;5-16H2,1-4H3;2-11H,1H3;1-10H;2-5H,1H3,(H,8,9,10);1H/q+1;;+1;-1;+1;;/p-2. The molecule has 1 atom stereocenters. The Bertz CT molecular complexity index is 4410. The lowest BCUT2D eigenvalue weighted by atomic mass is 9.58. The van der Waals surface area contributed by atoms with Crippen molar-refractivity contribution in [3.8, 4) is 0 Å². The van der Waals surface area contributed by atoms with Crippen LogP contribution in [0.3, 0.4) is 0 Å². The Kier molecular flexibility index (Phi) is 58.1. The number of hydrogen-bond donors (Lipinski definition) is 0. The highest BCUT2D eigenvalue weighted by Gasteiger charge is 2.45. The summed E-state index contributed by atoms with van der Waals surface area (Å²) in [6, 6.07) is 56.7. The molecule has 7 aromatic rings. The number of ether oxygens (including phenoxy) is 1. The maximum absolute atomic E-state index is 13.0. The molecule has 1 unspecified atom stereocenters. The quantitative estimate of drug-likeness (QED) is 0.00535. The van der Waals surface area contributed by atoms with Crippen molar-refractivity contribution in [2.45, 2.75) is 336 Å². The molecule has 0 aromatic heterocycles. The molecule has 7 aromatic carbocycles. The van der Waals surface area contributed by atoms with E-state index in [2.05, 4.69) is 234 Å².